The Bertz CT molecular complexity index is 739. The number of aliphatic hydroxyl groups excluding tert-OH is 1. The van der Waals surface area contributed by atoms with Gasteiger partial charge in [-0.3, -0.25) is 0 Å². The zero-order valence-corrected chi connectivity index (χ0v) is 16.9. The minimum atomic E-state index is -10.7. The zero-order chi connectivity index (χ0) is 21.7. The van der Waals surface area contributed by atoms with Gasteiger partial charge in [-0.1, -0.05) is 69.3 Å². The van der Waals surface area contributed by atoms with Crippen LogP contribution in [-0.2, 0) is 25.1 Å². The molecular formula is C19H26F6NOP. The van der Waals surface area contributed by atoms with E-state index in [1.165, 1.54) is 16.7 Å². The summed E-state index contributed by atoms with van der Waals surface area (Å²) in [6.45, 7) is 8.79. The molecule has 0 saturated heterocycles. The predicted molar refractivity (Wildman–Crippen MR) is 100 cm³/mol. The molecule has 2 aromatic rings. The summed E-state index contributed by atoms with van der Waals surface area (Å²) in [4.78, 5) is 0. The van der Waals surface area contributed by atoms with E-state index in [-0.39, 0.29) is 12.0 Å². The number of hydrogen-bond donors (Lipinski definition) is 2. The molecule has 2 aromatic carbocycles. The van der Waals surface area contributed by atoms with Gasteiger partial charge in [-0.25, -0.2) is 0 Å². The molecule has 0 fully saturated rings. The number of hydrogen-bond acceptors (Lipinski definition) is 1. The first-order valence-electron chi connectivity index (χ1n) is 8.60. The van der Waals surface area contributed by atoms with Crippen molar-refractivity contribution in [1.29, 1.82) is 0 Å². The number of nitrogens with two attached hydrogens (primary N) is 1. The standard InChI is InChI=1S/C19H25NO.F6P/c1-19(2,3)18-10-8-16(9-11-18)13-20-12-15-4-6-17(14-21)7-5-15;1-7(2,3,4,5)6/h4-11,20-21H,12-14H2,1-3H3;/q;-1/p+1. The van der Waals surface area contributed by atoms with Crippen LogP contribution in [0.2, 0.25) is 0 Å². The zero-order valence-electron chi connectivity index (χ0n) is 16.0. The molecule has 0 aliphatic rings. The molecule has 28 heavy (non-hydrogen) atoms. The third kappa shape index (κ3) is 12.7. The molecule has 0 spiro atoms. The Morgan fingerprint density at radius 1 is 0.714 bits per heavy atom. The minimum absolute atomic E-state index is 0.115. The van der Waals surface area contributed by atoms with Crippen molar-refractivity contribution in [2.75, 3.05) is 0 Å². The number of benzene rings is 2. The Kier molecular flexibility index (Phi) is 6.98. The third-order valence-corrected chi connectivity index (χ3v) is 3.79. The fraction of sp³-hybridized carbons (Fsp3) is 0.368. The van der Waals surface area contributed by atoms with E-state index in [0.717, 1.165) is 18.7 Å². The van der Waals surface area contributed by atoms with E-state index in [1.54, 1.807) is 0 Å². The summed E-state index contributed by atoms with van der Waals surface area (Å²) in [5.41, 5.74) is 5.22. The quantitative estimate of drug-likeness (QED) is 0.436. The van der Waals surface area contributed by atoms with Crippen LogP contribution in [-0.4, -0.2) is 5.11 Å². The van der Waals surface area contributed by atoms with Crippen LogP contribution >= 0.6 is 7.81 Å². The molecule has 0 aliphatic heterocycles. The van der Waals surface area contributed by atoms with Crippen molar-refractivity contribution in [2.24, 2.45) is 0 Å². The fourth-order valence-corrected chi connectivity index (χ4v) is 2.33. The normalized spacial score (nSPS) is 14.5. The first kappa shape index (κ1) is 24.4. The van der Waals surface area contributed by atoms with Gasteiger partial charge in [-0.2, -0.15) is 0 Å². The molecule has 0 amide bonds. The summed E-state index contributed by atoms with van der Waals surface area (Å²) >= 11 is 0. The molecule has 2 nitrogen and oxygen atoms in total. The molecule has 0 unspecified atom stereocenters. The van der Waals surface area contributed by atoms with Gasteiger partial charge in [-0.05, 0) is 16.5 Å². The second-order valence-electron chi connectivity index (χ2n) is 7.58. The molecule has 3 N–H and O–H groups in total. The maximum atomic E-state index is 9.87. The Hall–Kier alpha value is -1.63. The third-order valence-electron chi connectivity index (χ3n) is 3.79. The summed E-state index contributed by atoms with van der Waals surface area (Å²) in [6.07, 6.45) is 0. The number of rotatable bonds is 5. The van der Waals surface area contributed by atoms with Crippen molar-refractivity contribution in [2.45, 2.75) is 45.9 Å². The Balaban J connectivity index is 0.000000480. The van der Waals surface area contributed by atoms with Crippen molar-refractivity contribution in [3.63, 3.8) is 0 Å². The van der Waals surface area contributed by atoms with Crippen LogP contribution < -0.4 is 5.32 Å². The van der Waals surface area contributed by atoms with Gasteiger partial charge < -0.3 is 10.4 Å². The molecule has 0 aromatic heterocycles. The monoisotopic (exact) mass is 429 g/mol. The van der Waals surface area contributed by atoms with Gasteiger partial charge in [0.25, 0.3) is 0 Å². The molecule has 0 atom stereocenters. The molecule has 0 saturated carbocycles. The van der Waals surface area contributed by atoms with Gasteiger partial charge in [0, 0.05) is 11.1 Å². The molecule has 160 valence electrons. The maximum absolute atomic E-state index is 10.7. The van der Waals surface area contributed by atoms with Gasteiger partial charge in [-0.15, -0.1) is 0 Å². The van der Waals surface area contributed by atoms with E-state index in [2.05, 4.69) is 62.5 Å². The molecule has 2 rings (SSSR count). The van der Waals surface area contributed by atoms with Crippen molar-refractivity contribution >= 4 is 7.81 Å². The van der Waals surface area contributed by atoms with Crippen LogP contribution in [0.1, 0.15) is 43.0 Å². The van der Waals surface area contributed by atoms with Gasteiger partial charge in [0.05, 0.1) is 6.61 Å². The summed E-state index contributed by atoms with van der Waals surface area (Å²) in [5, 5.41) is 11.3. The molecule has 9 heteroatoms. The molecule has 0 heterocycles. The molecule has 0 radical (unpaired) electrons. The number of halogens is 6. The average molecular weight is 429 g/mol. The van der Waals surface area contributed by atoms with Crippen molar-refractivity contribution in [1.82, 2.24) is 0 Å². The Labute approximate surface area is 160 Å². The van der Waals surface area contributed by atoms with Crippen molar-refractivity contribution in [3.05, 3.63) is 70.8 Å². The van der Waals surface area contributed by atoms with E-state index in [1.807, 2.05) is 12.1 Å². The Morgan fingerprint density at radius 2 is 1.04 bits per heavy atom. The summed E-state index contributed by atoms with van der Waals surface area (Å²) in [5.74, 6) is 0. The van der Waals surface area contributed by atoms with Gasteiger partial charge in [0.1, 0.15) is 13.1 Å². The van der Waals surface area contributed by atoms with E-state index < -0.39 is 7.81 Å². The first-order chi connectivity index (χ1) is 12.4. The van der Waals surface area contributed by atoms with Crippen LogP contribution in [0.3, 0.4) is 0 Å². The first-order valence-corrected chi connectivity index (χ1v) is 10.6. The predicted octanol–water partition coefficient (Wildman–Crippen LogP) is 6.12. The van der Waals surface area contributed by atoms with Crippen molar-refractivity contribution in [3.8, 4) is 0 Å². The van der Waals surface area contributed by atoms with Crippen LogP contribution in [0.25, 0.3) is 0 Å². The summed E-state index contributed by atoms with van der Waals surface area (Å²) in [6, 6.07) is 17.1. The topological polar surface area (TPSA) is 36.8 Å². The van der Waals surface area contributed by atoms with Crippen molar-refractivity contribution < 1.29 is 35.6 Å². The second-order valence-corrected chi connectivity index (χ2v) is 9.49. The summed E-state index contributed by atoms with van der Waals surface area (Å²) < 4.78 is 59.2. The average Bonchev–Trinajstić information content (AvgIpc) is 2.52. The van der Waals surface area contributed by atoms with Crippen LogP contribution in [0.15, 0.2) is 48.5 Å². The molecular weight excluding hydrogens is 403 g/mol. The van der Waals surface area contributed by atoms with E-state index in [9.17, 15) is 25.2 Å². The molecule has 0 bridgehead atoms. The SMILES string of the molecule is CC(C)(C)c1ccc(C[NH2+]Cc2ccc(CO)cc2)cc1.F[P-](F)(F)(F)(F)F. The van der Waals surface area contributed by atoms with Gasteiger partial charge in [0.15, 0.2) is 0 Å². The fourth-order valence-electron chi connectivity index (χ4n) is 2.33. The Morgan fingerprint density at radius 3 is 1.36 bits per heavy atom. The number of quaternary nitrogens is 1. The summed E-state index contributed by atoms with van der Waals surface area (Å²) in [7, 11) is -10.7. The van der Waals surface area contributed by atoms with Crippen LogP contribution in [0, 0.1) is 0 Å². The van der Waals surface area contributed by atoms with E-state index >= 15 is 0 Å². The van der Waals surface area contributed by atoms with E-state index in [0.29, 0.717) is 0 Å². The second kappa shape index (κ2) is 8.01. The number of aliphatic hydroxyl groups is 1. The van der Waals surface area contributed by atoms with Gasteiger partial charge >= 0.3 is 33.0 Å². The van der Waals surface area contributed by atoms with E-state index in [4.69, 9.17) is 5.11 Å². The van der Waals surface area contributed by atoms with Crippen LogP contribution in [0.5, 0.6) is 0 Å². The van der Waals surface area contributed by atoms with Gasteiger partial charge in [0.2, 0.25) is 0 Å². The molecule has 0 aliphatic carbocycles. The van der Waals surface area contributed by atoms with Crippen LogP contribution in [0.4, 0.5) is 25.2 Å².